The van der Waals surface area contributed by atoms with E-state index in [1.54, 1.807) is 35.9 Å². The molecule has 0 aliphatic heterocycles. The van der Waals surface area contributed by atoms with Crippen LogP contribution >= 0.6 is 23.2 Å². The van der Waals surface area contributed by atoms with E-state index in [-0.39, 0.29) is 39.4 Å². The highest BCUT2D eigenvalue weighted by molar-refractivity contribution is 6.32. The van der Waals surface area contributed by atoms with E-state index < -0.39 is 17.9 Å². The zero-order valence-corrected chi connectivity index (χ0v) is 23.8. The van der Waals surface area contributed by atoms with E-state index in [9.17, 15) is 14.4 Å². The number of nitrogens with one attached hydrogen (secondary N) is 2. The van der Waals surface area contributed by atoms with Gasteiger partial charge in [-0.15, -0.1) is 5.10 Å². The number of amides is 3. The average molecular weight is 598 g/mol. The molecule has 0 radical (unpaired) electrons. The summed E-state index contributed by atoms with van der Waals surface area (Å²) in [6, 6.07) is 7.87. The summed E-state index contributed by atoms with van der Waals surface area (Å²) in [6.45, 7) is 1.94. The monoisotopic (exact) mass is 597 g/mol. The third-order valence-corrected chi connectivity index (χ3v) is 6.82. The molecular formula is C26H25Cl2N9O4. The van der Waals surface area contributed by atoms with Gasteiger partial charge >= 0.3 is 6.09 Å². The maximum Gasteiger partial charge on any atom is 0.428 e. The first kappa shape index (κ1) is 28.1. The van der Waals surface area contributed by atoms with Gasteiger partial charge in [-0.25, -0.2) is 24.2 Å². The number of aromatic nitrogens is 6. The Morgan fingerprint density at radius 1 is 1.17 bits per heavy atom. The molecule has 3 heterocycles. The summed E-state index contributed by atoms with van der Waals surface area (Å²) >= 11 is 12.6. The summed E-state index contributed by atoms with van der Waals surface area (Å²) in [5, 5.41) is 17.2. The maximum atomic E-state index is 13.7. The van der Waals surface area contributed by atoms with Crippen molar-refractivity contribution in [3.8, 4) is 5.82 Å². The van der Waals surface area contributed by atoms with Crippen molar-refractivity contribution in [3.05, 3.63) is 81.0 Å². The van der Waals surface area contributed by atoms with Crippen molar-refractivity contribution >= 4 is 46.8 Å². The van der Waals surface area contributed by atoms with E-state index in [0.29, 0.717) is 17.2 Å². The number of nitrogens with zero attached hydrogens (tertiary/aromatic N) is 7. The van der Waals surface area contributed by atoms with Gasteiger partial charge in [0, 0.05) is 30.4 Å². The van der Waals surface area contributed by atoms with E-state index in [1.165, 1.54) is 31.1 Å². The fourth-order valence-corrected chi connectivity index (χ4v) is 4.62. The van der Waals surface area contributed by atoms with Crippen molar-refractivity contribution in [2.24, 2.45) is 0 Å². The van der Waals surface area contributed by atoms with Crippen molar-refractivity contribution in [2.75, 3.05) is 19.5 Å². The first-order chi connectivity index (χ1) is 19.6. The molecule has 3 amide bonds. The van der Waals surface area contributed by atoms with Crippen LogP contribution in [0.25, 0.3) is 5.82 Å². The molecule has 5 rings (SSSR count). The Balaban J connectivity index is 1.48. The molecule has 0 saturated heterocycles. The molecule has 1 aliphatic carbocycles. The van der Waals surface area contributed by atoms with Crippen molar-refractivity contribution in [3.63, 3.8) is 0 Å². The minimum atomic E-state index is -0.789. The second kappa shape index (κ2) is 11.6. The number of rotatable bonds is 7. The predicted molar refractivity (Wildman–Crippen MR) is 149 cm³/mol. The first-order valence-electron chi connectivity index (χ1n) is 12.5. The fraction of sp³-hybridized carbons (Fsp3) is 0.269. The Bertz CT molecular complexity index is 1650. The molecule has 1 saturated carbocycles. The number of aryl methyl sites for hydroxylation is 1. The molecule has 1 fully saturated rings. The van der Waals surface area contributed by atoms with Gasteiger partial charge in [-0.2, -0.15) is 5.10 Å². The van der Waals surface area contributed by atoms with Crippen LogP contribution in [0.5, 0.6) is 0 Å². The van der Waals surface area contributed by atoms with Gasteiger partial charge in [-0.3, -0.25) is 15.0 Å². The minimum absolute atomic E-state index is 0.0245. The molecule has 41 heavy (non-hydrogen) atoms. The quantitative estimate of drug-likeness (QED) is 0.304. The molecule has 13 nitrogen and oxygen atoms in total. The lowest BCUT2D eigenvalue weighted by molar-refractivity contribution is 0.0767. The van der Waals surface area contributed by atoms with Crippen LogP contribution in [0.15, 0.2) is 42.7 Å². The zero-order valence-electron chi connectivity index (χ0n) is 22.3. The molecule has 15 heteroatoms. The number of carbonyl (C=O) groups is 3. The molecule has 3 aromatic heterocycles. The molecule has 0 atom stereocenters. The van der Waals surface area contributed by atoms with Crippen molar-refractivity contribution in [1.29, 1.82) is 0 Å². The number of ether oxygens (including phenoxy) is 1. The highest BCUT2D eigenvalue weighted by Crippen LogP contribution is 2.38. The lowest BCUT2D eigenvalue weighted by Crippen LogP contribution is -2.43. The Morgan fingerprint density at radius 2 is 1.95 bits per heavy atom. The van der Waals surface area contributed by atoms with E-state index in [2.05, 4.69) is 35.9 Å². The van der Waals surface area contributed by atoms with Crippen molar-refractivity contribution in [1.82, 2.24) is 40.2 Å². The third kappa shape index (κ3) is 6.15. The summed E-state index contributed by atoms with van der Waals surface area (Å²) < 4.78 is 7.61. The molecule has 0 bridgehead atoms. The Hall–Kier alpha value is -4.49. The van der Waals surface area contributed by atoms with Gasteiger partial charge in [-0.05, 0) is 55.7 Å². The predicted octanol–water partition coefficient (Wildman–Crippen LogP) is 4.00. The summed E-state index contributed by atoms with van der Waals surface area (Å²) in [7, 11) is 2.50. The van der Waals surface area contributed by atoms with Gasteiger partial charge in [0.1, 0.15) is 5.69 Å². The number of pyridine rings is 1. The van der Waals surface area contributed by atoms with Crippen molar-refractivity contribution in [2.45, 2.75) is 32.2 Å². The van der Waals surface area contributed by atoms with Crippen LogP contribution in [0.1, 0.15) is 56.6 Å². The Morgan fingerprint density at radius 3 is 2.66 bits per heavy atom. The minimum Gasteiger partial charge on any atom is -0.452 e. The number of anilines is 1. The van der Waals surface area contributed by atoms with Gasteiger partial charge < -0.3 is 10.1 Å². The van der Waals surface area contributed by atoms with E-state index in [4.69, 9.17) is 23.2 Å². The van der Waals surface area contributed by atoms with E-state index in [0.717, 1.165) is 23.5 Å². The second-order valence-electron chi connectivity index (χ2n) is 9.43. The molecule has 212 valence electrons. The molecular weight excluding hydrogens is 573 g/mol. The third-order valence-electron chi connectivity index (χ3n) is 6.31. The maximum absolute atomic E-state index is 13.7. The van der Waals surface area contributed by atoms with E-state index in [1.807, 2.05) is 6.20 Å². The number of hydrogen-bond donors (Lipinski definition) is 2. The van der Waals surface area contributed by atoms with Crippen LogP contribution in [0, 0.1) is 6.92 Å². The van der Waals surface area contributed by atoms with Crippen LogP contribution < -0.4 is 10.7 Å². The molecule has 4 aromatic rings. The standard InChI is InChI=1S/C26H25Cl2N9O4/c1-14-9-16(27)10-18(24(38)33-35(2)26(40)41-3)22(14)30-25(39)21-11-17(12-36-13-20(31-34-36)15-6-7-15)32-37(21)23-19(28)5-4-8-29-23/h4-5,8-11,13,15H,6-7,12H2,1-3H3,(H,30,39)(H,33,38). The van der Waals surface area contributed by atoms with Gasteiger partial charge in [0.05, 0.1) is 41.3 Å². The number of benzene rings is 1. The second-order valence-corrected chi connectivity index (χ2v) is 10.3. The first-order valence-corrected chi connectivity index (χ1v) is 13.2. The SMILES string of the molecule is COC(=O)N(C)NC(=O)c1cc(Cl)cc(C)c1NC(=O)c1cc(Cn2cc(C3CC3)nn2)nn1-c1ncccc1Cl. The normalized spacial score (nSPS) is 12.6. The summed E-state index contributed by atoms with van der Waals surface area (Å²) in [5.41, 5.74) is 4.65. The van der Waals surface area contributed by atoms with Crippen LogP contribution in [0.2, 0.25) is 10.0 Å². The summed E-state index contributed by atoms with van der Waals surface area (Å²) in [5.74, 6) is -0.605. The van der Waals surface area contributed by atoms with Crippen LogP contribution in [-0.2, 0) is 11.3 Å². The largest absolute Gasteiger partial charge is 0.452 e. The van der Waals surface area contributed by atoms with Crippen LogP contribution in [0.4, 0.5) is 10.5 Å². The smallest absolute Gasteiger partial charge is 0.428 e. The van der Waals surface area contributed by atoms with Gasteiger partial charge in [0.15, 0.2) is 5.82 Å². The zero-order chi connectivity index (χ0) is 29.3. The highest BCUT2D eigenvalue weighted by atomic mass is 35.5. The molecule has 0 spiro atoms. The number of methoxy groups -OCH3 is 1. The van der Waals surface area contributed by atoms with E-state index >= 15 is 0 Å². The number of halogens is 2. The Kier molecular flexibility index (Phi) is 7.90. The van der Waals surface area contributed by atoms with Gasteiger partial charge in [0.25, 0.3) is 11.8 Å². The fourth-order valence-electron chi connectivity index (χ4n) is 4.15. The Labute approximate surface area is 244 Å². The van der Waals surface area contributed by atoms with Gasteiger partial charge in [0.2, 0.25) is 0 Å². The van der Waals surface area contributed by atoms with Crippen LogP contribution in [0.3, 0.4) is 0 Å². The highest BCUT2D eigenvalue weighted by Gasteiger charge is 2.27. The molecule has 1 aliphatic rings. The average Bonchev–Trinajstić information content (AvgIpc) is 3.55. The molecule has 2 N–H and O–H groups in total. The lowest BCUT2D eigenvalue weighted by atomic mass is 10.1. The summed E-state index contributed by atoms with van der Waals surface area (Å²) in [6.07, 6.45) is 4.81. The van der Waals surface area contributed by atoms with Crippen LogP contribution in [-0.4, -0.2) is 66.8 Å². The summed E-state index contributed by atoms with van der Waals surface area (Å²) in [4.78, 5) is 42.9. The molecule has 1 aromatic carbocycles. The topological polar surface area (TPSA) is 149 Å². The van der Waals surface area contributed by atoms with Crippen molar-refractivity contribution < 1.29 is 19.1 Å². The lowest BCUT2D eigenvalue weighted by Gasteiger charge is -2.19. The number of hydrazine groups is 1. The number of carbonyl (C=O) groups excluding carboxylic acids is 3. The number of hydrogen-bond acceptors (Lipinski definition) is 8. The molecule has 0 unspecified atom stereocenters. The van der Waals surface area contributed by atoms with Gasteiger partial charge in [-0.1, -0.05) is 28.4 Å².